The van der Waals surface area contributed by atoms with Gasteiger partial charge in [0.2, 0.25) is 0 Å². The van der Waals surface area contributed by atoms with Gasteiger partial charge in [-0.25, -0.2) is 4.79 Å². The van der Waals surface area contributed by atoms with Gasteiger partial charge in [0.1, 0.15) is 0 Å². The number of hydrogen-bond donors (Lipinski definition) is 1. The fourth-order valence-corrected chi connectivity index (χ4v) is 1.88. The van der Waals surface area contributed by atoms with E-state index >= 15 is 0 Å². The summed E-state index contributed by atoms with van der Waals surface area (Å²) in [6.07, 6.45) is 0.278. The molecule has 0 unspecified atom stereocenters. The molecular weight excluding hydrogens is 250 g/mol. The fraction of sp³-hybridized carbons (Fsp3) is 0.167. The van der Waals surface area contributed by atoms with Crippen LogP contribution in [0, 0.1) is 10.1 Å². The minimum Gasteiger partial charge on any atom is -0.477 e. The third-order valence-electron chi connectivity index (χ3n) is 2.75. The number of carbonyl (C=O) groups is 1. The molecule has 1 N–H and O–H groups in total. The second kappa shape index (κ2) is 4.89. The Labute approximate surface area is 108 Å². The quantitative estimate of drug-likeness (QED) is 0.666. The highest BCUT2D eigenvalue weighted by Gasteiger charge is 2.31. The highest BCUT2D eigenvalue weighted by atomic mass is 16.6. The van der Waals surface area contributed by atoms with Crippen molar-refractivity contribution in [3.63, 3.8) is 0 Å². The molecule has 0 saturated carbocycles. The molecule has 2 aromatic rings. The number of benzene rings is 1. The number of hydrogen-bond acceptors (Lipinski definition) is 4. The van der Waals surface area contributed by atoms with Crippen LogP contribution >= 0.6 is 0 Å². The molecule has 0 aliphatic rings. The van der Waals surface area contributed by atoms with Crippen LogP contribution in [0.15, 0.2) is 30.3 Å². The second-order valence-corrected chi connectivity index (χ2v) is 3.99. The molecule has 0 aliphatic carbocycles. The van der Waals surface area contributed by atoms with E-state index in [1.54, 1.807) is 0 Å². The fourth-order valence-electron chi connectivity index (χ4n) is 1.88. The predicted molar refractivity (Wildman–Crippen MR) is 66.1 cm³/mol. The number of carboxylic acids is 1. The van der Waals surface area contributed by atoms with Crippen molar-refractivity contribution in [1.82, 2.24) is 9.78 Å². The van der Waals surface area contributed by atoms with Crippen LogP contribution in [-0.4, -0.2) is 25.8 Å². The van der Waals surface area contributed by atoms with Crippen molar-refractivity contribution in [2.45, 2.75) is 6.42 Å². The van der Waals surface area contributed by atoms with Gasteiger partial charge in [-0.3, -0.25) is 0 Å². The summed E-state index contributed by atoms with van der Waals surface area (Å²) < 4.78 is 1.24. The highest BCUT2D eigenvalue weighted by Crippen LogP contribution is 2.23. The van der Waals surface area contributed by atoms with E-state index in [1.807, 2.05) is 30.3 Å². The van der Waals surface area contributed by atoms with Crippen LogP contribution in [0.1, 0.15) is 21.6 Å². The number of nitrogens with zero attached hydrogens (tertiary/aromatic N) is 3. The maximum Gasteiger partial charge on any atom is 0.404 e. The van der Waals surface area contributed by atoms with E-state index < -0.39 is 16.7 Å². The second-order valence-electron chi connectivity index (χ2n) is 3.99. The van der Waals surface area contributed by atoms with Crippen molar-refractivity contribution in [3.05, 3.63) is 57.3 Å². The number of aromatic nitrogens is 2. The lowest BCUT2D eigenvalue weighted by atomic mass is 10.1. The average Bonchev–Trinajstić information content (AvgIpc) is 2.68. The van der Waals surface area contributed by atoms with Gasteiger partial charge in [-0.05, 0) is 10.5 Å². The van der Waals surface area contributed by atoms with Gasteiger partial charge in [0.05, 0.1) is 17.8 Å². The van der Waals surface area contributed by atoms with Crippen LogP contribution < -0.4 is 0 Å². The Morgan fingerprint density at radius 2 is 2.05 bits per heavy atom. The highest BCUT2D eigenvalue weighted by molar-refractivity contribution is 5.93. The predicted octanol–water partition coefficient (Wildman–Crippen LogP) is 1.62. The van der Waals surface area contributed by atoms with Crippen LogP contribution in [0.3, 0.4) is 0 Å². The number of nitro groups is 1. The van der Waals surface area contributed by atoms with Crippen molar-refractivity contribution in [2.24, 2.45) is 7.05 Å². The summed E-state index contributed by atoms with van der Waals surface area (Å²) in [6.45, 7) is 0. The van der Waals surface area contributed by atoms with E-state index in [-0.39, 0.29) is 12.0 Å². The van der Waals surface area contributed by atoms with E-state index in [0.717, 1.165) is 5.56 Å². The Morgan fingerprint density at radius 1 is 1.42 bits per heavy atom. The molecule has 0 amide bonds. The van der Waals surface area contributed by atoms with Crippen LogP contribution in [0.2, 0.25) is 0 Å². The van der Waals surface area contributed by atoms with Gasteiger partial charge >= 0.3 is 11.8 Å². The first-order chi connectivity index (χ1) is 9.00. The molecule has 0 saturated heterocycles. The van der Waals surface area contributed by atoms with Gasteiger partial charge in [0.25, 0.3) is 0 Å². The summed E-state index contributed by atoms with van der Waals surface area (Å²) in [6, 6.07) is 9.13. The summed E-state index contributed by atoms with van der Waals surface area (Å²) in [7, 11) is 1.50. The minimum atomic E-state index is -1.34. The van der Waals surface area contributed by atoms with Crippen molar-refractivity contribution >= 4 is 11.8 Å². The van der Waals surface area contributed by atoms with E-state index in [2.05, 4.69) is 5.10 Å². The first-order valence-corrected chi connectivity index (χ1v) is 5.48. The average molecular weight is 261 g/mol. The largest absolute Gasteiger partial charge is 0.477 e. The Hall–Kier alpha value is -2.70. The molecule has 0 aliphatic heterocycles. The van der Waals surface area contributed by atoms with E-state index in [9.17, 15) is 14.9 Å². The number of rotatable bonds is 4. The van der Waals surface area contributed by atoms with Crippen LogP contribution in [-0.2, 0) is 13.5 Å². The molecule has 0 radical (unpaired) electrons. The lowest BCUT2D eigenvalue weighted by Gasteiger charge is -2.01. The molecule has 1 heterocycles. The van der Waals surface area contributed by atoms with Gasteiger partial charge in [0.15, 0.2) is 5.56 Å². The Bertz CT molecular complexity index is 634. The molecule has 0 spiro atoms. The minimum absolute atomic E-state index is 0.278. The topological polar surface area (TPSA) is 98.3 Å². The van der Waals surface area contributed by atoms with Gasteiger partial charge in [0, 0.05) is 6.42 Å². The van der Waals surface area contributed by atoms with Gasteiger partial charge in [-0.15, -0.1) is 0 Å². The Morgan fingerprint density at radius 3 is 2.58 bits per heavy atom. The molecule has 0 atom stereocenters. The zero-order valence-electron chi connectivity index (χ0n) is 10.1. The normalized spacial score (nSPS) is 10.4. The molecule has 0 fully saturated rings. The molecule has 19 heavy (non-hydrogen) atoms. The maximum atomic E-state index is 11.2. The third-order valence-corrected chi connectivity index (χ3v) is 2.75. The molecule has 1 aromatic carbocycles. The van der Waals surface area contributed by atoms with Gasteiger partial charge < -0.3 is 15.2 Å². The standard InChI is InChI=1S/C12H11N3O4/c1-14-9(7-8-5-3-2-4-6-8)10(12(16)17)11(13-14)15(18)19/h2-6H,7H2,1H3,(H,16,17). The Balaban J connectivity index is 2.51. The van der Waals surface area contributed by atoms with E-state index in [1.165, 1.54) is 11.7 Å². The molecule has 0 bridgehead atoms. The van der Waals surface area contributed by atoms with Crippen molar-refractivity contribution in [3.8, 4) is 0 Å². The van der Waals surface area contributed by atoms with Crippen LogP contribution in [0.4, 0.5) is 5.82 Å². The van der Waals surface area contributed by atoms with Crippen LogP contribution in [0.25, 0.3) is 0 Å². The number of aromatic carboxylic acids is 1. The summed E-state index contributed by atoms with van der Waals surface area (Å²) in [5, 5.41) is 23.6. The van der Waals surface area contributed by atoms with Crippen LogP contribution in [0.5, 0.6) is 0 Å². The first-order valence-electron chi connectivity index (χ1n) is 5.48. The van der Waals surface area contributed by atoms with Crippen molar-refractivity contribution < 1.29 is 14.8 Å². The smallest absolute Gasteiger partial charge is 0.404 e. The molecule has 7 nitrogen and oxygen atoms in total. The molecular formula is C12H11N3O4. The van der Waals surface area contributed by atoms with Crippen molar-refractivity contribution in [1.29, 1.82) is 0 Å². The van der Waals surface area contributed by atoms with Crippen molar-refractivity contribution in [2.75, 3.05) is 0 Å². The lowest BCUT2D eigenvalue weighted by Crippen LogP contribution is -2.06. The Kier molecular flexibility index (Phi) is 3.28. The number of carboxylic acid groups (broad SMARTS) is 1. The third kappa shape index (κ3) is 2.44. The van der Waals surface area contributed by atoms with Gasteiger partial charge in [-0.2, -0.15) is 4.68 Å². The maximum absolute atomic E-state index is 11.2. The summed E-state index contributed by atoms with van der Waals surface area (Å²) >= 11 is 0. The molecule has 7 heteroatoms. The summed E-state index contributed by atoms with van der Waals surface area (Å²) in [5.74, 6) is -1.97. The number of aryl methyl sites for hydroxylation is 1. The SMILES string of the molecule is Cn1nc([N+](=O)[O-])c(C(=O)O)c1Cc1ccccc1. The molecule has 1 aromatic heterocycles. The van der Waals surface area contributed by atoms with Gasteiger partial charge in [-0.1, -0.05) is 30.3 Å². The van der Waals surface area contributed by atoms with E-state index in [0.29, 0.717) is 5.69 Å². The lowest BCUT2D eigenvalue weighted by molar-refractivity contribution is -0.390. The summed E-state index contributed by atoms with van der Waals surface area (Å²) in [4.78, 5) is 21.2. The molecule has 2 rings (SSSR count). The zero-order chi connectivity index (χ0) is 14.0. The van der Waals surface area contributed by atoms with E-state index in [4.69, 9.17) is 5.11 Å². The summed E-state index contributed by atoms with van der Waals surface area (Å²) in [5.41, 5.74) is 0.824. The monoisotopic (exact) mass is 261 g/mol. The molecule has 98 valence electrons. The zero-order valence-corrected chi connectivity index (χ0v) is 10.1. The first kappa shape index (κ1) is 12.7.